The summed E-state index contributed by atoms with van der Waals surface area (Å²) in [5, 5.41) is 3.95. The van der Waals surface area contributed by atoms with Gasteiger partial charge in [-0.25, -0.2) is 9.78 Å². The molecule has 1 N–H and O–H groups in total. The molecule has 0 bridgehead atoms. The second-order valence-corrected chi connectivity index (χ2v) is 8.84. The Balaban J connectivity index is 1.64. The zero-order valence-electron chi connectivity index (χ0n) is 17.9. The van der Waals surface area contributed by atoms with E-state index in [1.54, 1.807) is 34.9 Å². The van der Waals surface area contributed by atoms with Crippen LogP contribution in [0.1, 0.15) is 23.2 Å². The Kier molecular flexibility index (Phi) is 7.32. The first-order chi connectivity index (χ1) is 16.0. The Labute approximate surface area is 199 Å². The average Bonchev–Trinajstić information content (AvgIpc) is 3.33. The number of para-hydroxylation sites is 1. The number of hydrogen-bond acceptors (Lipinski definition) is 7. The molecular weight excluding hydrogens is 466 g/mol. The number of fused-ring (bicyclic) bond motifs is 1. The van der Waals surface area contributed by atoms with Crippen LogP contribution in [0.4, 0.5) is 5.69 Å². The zero-order chi connectivity index (χ0) is 23.4. The molecule has 33 heavy (non-hydrogen) atoms. The Hall–Kier alpha value is -2.88. The van der Waals surface area contributed by atoms with E-state index in [2.05, 4.69) is 10.3 Å². The minimum atomic E-state index is -0.518. The molecule has 10 heteroatoms. The third-order valence-electron chi connectivity index (χ3n) is 5.23. The largest absolute Gasteiger partial charge is 0.465 e. The number of amides is 1. The number of anilines is 1. The molecule has 0 aliphatic carbocycles. The third kappa shape index (κ3) is 5.38. The first-order valence-electron chi connectivity index (χ1n) is 10.4. The summed E-state index contributed by atoms with van der Waals surface area (Å²) >= 11 is 7.25. The summed E-state index contributed by atoms with van der Waals surface area (Å²) < 4.78 is 12.0. The van der Waals surface area contributed by atoms with E-state index in [0.29, 0.717) is 45.5 Å². The number of halogens is 1. The quantitative estimate of drug-likeness (QED) is 0.308. The second-order valence-electron chi connectivity index (χ2n) is 7.49. The lowest BCUT2D eigenvalue weighted by Crippen LogP contribution is -2.29. The summed E-state index contributed by atoms with van der Waals surface area (Å²) in [7, 11) is 1.29. The number of carbonyl (C=O) groups is 2. The van der Waals surface area contributed by atoms with Gasteiger partial charge in [0.05, 0.1) is 52.7 Å². The SMILES string of the molecule is COC(=O)c1ccc2c(=O)n(C[C@H]3CCCO3)c(SCC(=O)Nc3ccccc3Cl)nc2c1. The van der Waals surface area contributed by atoms with Gasteiger partial charge in [-0.2, -0.15) is 0 Å². The van der Waals surface area contributed by atoms with Gasteiger partial charge in [-0.3, -0.25) is 14.2 Å². The summed E-state index contributed by atoms with van der Waals surface area (Å²) in [6, 6.07) is 11.6. The standard InChI is InChI=1S/C23H22ClN3O5S/c1-31-22(30)14-8-9-16-19(11-14)26-23(27(21(16)29)12-15-5-4-10-32-15)33-13-20(28)25-18-7-3-2-6-17(18)24/h2-3,6-9,11,15H,4-5,10,12-13H2,1H3,(H,25,28)/t15-/m1/s1. The van der Waals surface area contributed by atoms with E-state index in [9.17, 15) is 14.4 Å². The van der Waals surface area contributed by atoms with Crippen molar-refractivity contribution in [3.63, 3.8) is 0 Å². The summed E-state index contributed by atoms with van der Waals surface area (Å²) in [6.45, 7) is 1.00. The molecule has 2 heterocycles. The number of nitrogens with one attached hydrogen (secondary N) is 1. The minimum Gasteiger partial charge on any atom is -0.465 e. The third-order valence-corrected chi connectivity index (χ3v) is 6.54. The van der Waals surface area contributed by atoms with E-state index in [1.165, 1.54) is 19.2 Å². The summed E-state index contributed by atoms with van der Waals surface area (Å²) in [5.41, 5.74) is 0.915. The summed E-state index contributed by atoms with van der Waals surface area (Å²) in [5.74, 6) is -0.782. The number of aromatic nitrogens is 2. The summed E-state index contributed by atoms with van der Waals surface area (Å²) in [4.78, 5) is 42.4. The van der Waals surface area contributed by atoms with Crippen molar-refractivity contribution in [2.75, 3.05) is 24.8 Å². The number of methoxy groups -OCH3 is 1. The molecule has 0 radical (unpaired) electrons. The van der Waals surface area contributed by atoms with Crippen LogP contribution in [0.25, 0.3) is 10.9 Å². The number of thioether (sulfide) groups is 1. The molecule has 1 fully saturated rings. The van der Waals surface area contributed by atoms with Crippen molar-refractivity contribution in [3.8, 4) is 0 Å². The molecule has 1 saturated heterocycles. The molecule has 1 aliphatic rings. The molecule has 4 rings (SSSR count). The number of esters is 1. The molecule has 8 nitrogen and oxygen atoms in total. The van der Waals surface area contributed by atoms with Crippen LogP contribution in [-0.4, -0.2) is 47.0 Å². The first-order valence-corrected chi connectivity index (χ1v) is 11.7. The number of ether oxygens (including phenoxy) is 2. The first kappa shape index (κ1) is 23.3. The van der Waals surface area contributed by atoms with Crippen molar-refractivity contribution in [1.82, 2.24) is 9.55 Å². The lowest BCUT2D eigenvalue weighted by Gasteiger charge is -2.16. The highest BCUT2D eigenvalue weighted by atomic mass is 35.5. The van der Waals surface area contributed by atoms with Crippen LogP contribution in [-0.2, 0) is 20.8 Å². The predicted molar refractivity (Wildman–Crippen MR) is 127 cm³/mol. The van der Waals surface area contributed by atoms with Gasteiger partial charge in [-0.1, -0.05) is 35.5 Å². The Morgan fingerprint density at radius 2 is 2.12 bits per heavy atom. The van der Waals surface area contributed by atoms with Crippen molar-refractivity contribution in [2.24, 2.45) is 0 Å². The number of carbonyl (C=O) groups excluding carboxylic acids is 2. The van der Waals surface area contributed by atoms with E-state index in [4.69, 9.17) is 21.1 Å². The van der Waals surface area contributed by atoms with Crippen LogP contribution < -0.4 is 10.9 Å². The highest BCUT2D eigenvalue weighted by molar-refractivity contribution is 7.99. The Bertz CT molecular complexity index is 1260. The van der Waals surface area contributed by atoms with Crippen molar-refractivity contribution in [2.45, 2.75) is 30.6 Å². The fraction of sp³-hybridized carbons (Fsp3) is 0.304. The monoisotopic (exact) mass is 487 g/mol. The molecule has 0 saturated carbocycles. The topological polar surface area (TPSA) is 99.5 Å². The molecule has 1 aliphatic heterocycles. The van der Waals surface area contributed by atoms with Gasteiger partial charge in [0.15, 0.2) is 5.16 Å². The van der Waals surface area contributed by atoms with Crippen LogP contribution in [0.15, 0.2) is 52.4 Å². The molecule has 0 spiro atoms. The van der Waals surface area contributed by atoms with E-state index >= 15 is 0 Å². The van der Waals surface area contributed by atoms with Gasteiger partial charge in [0.2, 0.25) is 5.91 Å². The normalized spacial score (nSPS) is 15.5. The summed E-state index contributed by atoms with van der Waals surface area (Å²) in [6.07, 6.45) is 1.70. The lowest BCUT2D eigenvalue weighted by molar-refractivity contribution is -0.113. The Morgan fingerprint density at radius 3 is 2.85 bits per heavy atom. The van der Waals surface area contributed by atoms with Gasteiger partial charge >= 0.3 is 5.97 Å². The van der Waals surface area contributed by atoms with Crippen molar-refractivity contribution in [1.29, 1.82) is 0 Å². The number of rotatable bonds is 7. The fourth-order valence-electron chi connectivity index (χ4n) is 3.59. The maximum atomic E-state index is 13.3. The zero-order valence-corrected chi connectivity index (χ0v) is 19.4. The highest BCUT2D eigenvalue weighted by Gasteiger charge is 2.21. The van der Waals surface area contributed by atoms with E-state index in [-0.39, 0.29) is 23.3 Å². The van der Waals surface area contributed by atoms with Gasteiger partial charge in [-0.05, 0) is 43.2 Å². The minimum absolute atomic E-state index is 0.0192. The van der Waals surface area contributed by atoms with Gasteiger partial charge in [-0.15, -0.1) is 0 Å². The number of nitrogens with zero attached hydrogens (tertiary/aromatic N) is 2. The van der Waals surface area contributed by atoms with Crippen LogP contribution in [0.3, 0.4) is 0 Å². The van der Waals surface area contributed by atoms with Gasteiger partial charge in [0.25, 0.3) is 5.56 Å². The highest BCUT2D eigenvalue weighted by Crippen LogP contribution is 2.24. The second kappa shape index (κ2) is 10.4. The molecule has 1 atom stereocenters. The van der Waals surface area contributed by atoms with Crippen molar-refractivity contribution < 1.29 is 19.1 Å². The van der Waals surface area contributed by atoms with E-state index in [0.717, 1.165) is 24.6 Å². The van der Waals surface area contributed by atoms with Crippen LogP contribution >= 0.6 is 23.4 Å². The number of hydrogen-bond donors (Lipinski definition) is 1. The molecule has 0 unspecified atom stereocenters. The Morgan fingerprint density at radius 1 is 1.30 bits per heavy atom. The smallest absolute Gasteiger partial charge is 0.337 e. The van der Waals surface area contributed by atoms with Gasteiger partial charge in [0.1, 0.15) is 0 Å². The molecular formula is C23H22ClN3O5S. The van der Waals surface area contributed by atoms with Crippen LogP contribution in [0, 0.1) is 0 Å². The van der Waals surface area contributed by atoms with Crippen molar-refractivity contribution in [3.05, 3.63) is 63.4 Å². The van der Waals surface area contributed by atoms with E-state index in [1.807, 2.05) is 0 Å². The molecule has 3 aromatic rings. The fourth-order valence-corrected chi connectivity index (χ4v) is 4.58. The maximum absolute atomic E-state index is 13.3. The van der Waals surface area contributed by atoms with Crippen molar-refractivity contribution >= 4 is 51.8 Å². The predicted octanol–water partition coefficient (Wildman–Crippen LogP) is 3.75. The lowest BCUT2D eigenvalue weighted by atomic mass is 10.1. The van der Waals surface area contributed by atoms with Crippen LogP contribution in [0.5, 0.6) is 0 Å². The van der Waals surface area contributed by atoms with Gasteiger partial charge in [0, 0.05) is 6.61 Å². The van der Waals surface area contributed by atoms with Crippen LogP contribution in [0.2, 0.25) is 5.02 Å². The molecule has 2 aromatic carbocycles. The maximum Gasteiger partial charge on any atom is 0.337 e. The molecule has 1 aromatic heterocycles. The van der Waals surface area contributed by atoms with E-state index < -0.39 is 5.97 Å². The van der Waals surface area contributed by atoms with Gasteiger partial charge < -0.3 is 14.8 Å². The molecule has 1 amide bonds. The number of benzene rings is 2. The average molecular weight is 488 g/mol. The molecule has 172 valence electrons.